The Kier molecular flexibility index (Phi) is 7.51. The lowest BCUT2D eigenvalue weighted by Gasteiger charge is -2.24. The van der Waals surface area contributed by atoms with Gasteiger partial charge in [0.2, 0.25) is 6.79 Å². The smallest absolute Gasteiger partial charge is 0.338 e. The number of ether oxygens (including phenoxy) is 4. The van der Waals surface area contributed by atoms with Crippen LogP contribution in [0.4, 0.5) is 0 Å². The zero-order valence-corrected chi connectivity index (χ0v) is 24.7. The van der Waals surface area contributed by atoms with Crippen LogP contribution in [-0.2, 0) is 16.1 Å². The van der Waals surface area contributed by atoms with Crippen molar-refractivity contribution in [3.63, 3.8) is 0 Å². The first-order chi connectivity index (χ1) is 19.9. The molecule has 4 aromatic rings. The highest BCUT2D eigenvalue weighted by atomic mass is 79.9. The van der Waals surface area contributed by atoms with Gasteiger partial charge in [0.05, 0.1) is 32.9 Å². The lowest BCUT2D eigenvalue weighted by molar-refractivity contribution is -0.139. The van der Waals surface area contributed by atoms with Gasteiger partial charge in [-0.2, -0.15) is 0 Å². The Labute approximate surface area is 247 Å². The molecule has 0 saturated carbocycles. The summed E-state index contributed by atoms with van der Waals surface area (Å²) in [6.45, 7) is 4.27. The number of halogens is 1. The van der Waals surface area contributed by atoms with Crippen molar-refractivity contribution in [2.45, 2.75) is 26.5 Å². The van der Waals surface area contributed by atoms with Crippen molar-refractivity contribution in [3.05, 3.63) is 119 Å². The fourth-order valence-corrected chi connectivity index (χ4v) is 6.36. The Hall–Kier alpha value is -4.15. The molecule has 1 atom stereocenters. The minimum absolute atomic E-state index is 0.118. The molecule has 3 aromatic carbocycles. The molecule has 2 aliphatic rings. The first kappa shape index (κ1) is 27.0. The lowest BCUT2D eigenvalue weighted by Crippen LogP contribution is -2.39. The van der Waals surface area contributed by atoms with Crippen LogP contribution in [0.3, 0.4) is 0 Å². The summed E-state index contributed by atoms with van der Waals surface area (Å²) in [5, 5.41) is 0. The van der Waals surface area contributed by atoms with E-state index in [1.165, 1.54) is 11.3 Å². The number of benzene rings is 3. The molecule has 0 aliphatic carbocycles. The minimum atomic E-state index is -0.734. The summed E-state index contributed by atoms with van der Waals surface area (Å²) in [5.41, 5.74) is 3.14. The molecule has 8 nitrogen and oxygen atoms in total. The van der Waals surface area contributed by atoms with Crippen molar-refractivity contribution in [1.82, 2.24) is 4.57 Å². The van der Waals surface area contributed by atoms with Crippen LogP contribution in [0.25, 0.3) is 6.08 Å². The van der Waals surface area contributed by atoms with Gasteiger partial charge in [-0.15, -0.1) is 0 Å². The third-order valence-electron chi connectivity index (χ3n) is 6.72. The fourth-order valence-electron chi connectivity index (χ4n) is 4.80. The highest BCUT2D eigenvalue weighted by molar-refractivity contribution is 9.10. The van der Waals surface area contributed by atoms with Crippen LogP contribution in [0, 0.1) is 0 Å². The molecule has 6 rings (SSSR count). The standard InChI is InChI=1S/C31H25BrN2O6S/c1-3-37-30(36)27-18(2)33-31-34(28(27)21-10-12-24-25(15-21)40-17-39-24)29(35)26(41-31)14-20-9-11-23(22(32)13-20)38-16-19-7-5-4-6-8-19/h4-15,28H,3,16-17H2,1-2H3/b26-14-/t28-/m1/s1. The van der Waals surface area contributed by atoms with Crippen molar-refractivity contribution in [3.8, 4) is 17.2 Å². The molecule has 0 fully saturated rings. The molecule has 10 heteroatoms. The number of carbonyl (C=O) groups excluding carboxylic acids is 1. The van der Waals surface area contributed by atoms with Crippen molar-refractivity contribution in [1.29, 1.82) is 0 Å². The molecular formula is C31H25BrN2O6S. The molecular weight excluding hydrogens is 608 g/mol. The molecule has 1 aromatic heterocycles. The maximum Gasteiger partial charge on any atom is 0.338 e. The van der Waals surface area contributed by atoms with Crippen LogP contribution in [0.15, 0.2) is 92.3 Å². The lowest BCUT2D eigenvalue weighted by atomic mass is 9.95. The molecule has 41 heavy (non-hydrogen) atoms. The SMILES string of the molecule is CCOC(=O)C1=C(C)N=c2s/c(=C\c3ccc(OCc4ccccc4)c(Br)c3)c(=O)n2[C@@H]1c1ccc2c(c1)OCO2. The summed E-state index contributed by atoms with van der Waals surface area (Å²) in [6.07, 6.45) is 1.82. The van der Waals surface area contributed by atoms with Crippen LogP contribution < -0.4 is 29.1 Å². The Morgan fingerprint density at radius 3 is 2.71 bits per heavy atom. The Balaban J connectivity index is 1.39. The predicted molar refractivity (Wildman–Crippen MR) is 158 cm³/mol. The van der Waals surface area contributed by atoms with Gasteiger partial charge in [-0.05, 0) is 76.8 Å². The first-order valence-corrected chi connectivity index (χ1v) is 14.6. The van der Waals surface area contributed by atoms with Crippen molar-refractivity contribution >= 4 is 39.3 Å². The van der Waals surface area contributed by atoms with E-state index in [-0.39, 0.29) is 19.0 Å². The van der Waals surface area contributed by atoms with Crippen LogP contribution in [0.5, 0.6) is 17.2 Å². The zero-order valence-electron chi connectivity index (χ0n) is 22.3. The number of thiazole rings is 1. The van der Waals surface area contributed by atoms with Gasteiger partial charge in [0.25, 0.3) is 5.56 Å². The average molecular weight is 634 g/mol. The molecule has 3 heterocycles. The highest BCUT2D eigenvalue weighted by Gasteiger charge is 2.34. The molecule has 208 valence electrons. The number of esters is 1. The van der Waals surface area contributed by atoms with Crippen LogP contribution in [0.2, 0.25) is 0 Å². The summed E-state index contributed by atoms with van der Waals surface area (Å²) in [7, 11) is 0. The molecule has 2 aliphatic heterocycles. The second-order valence-corrected chi connectivity index (χ2v) is 11.2. The fraction of sp³-hybridized carbons (Fsp3) is 0.194. The van der Waals surface area contributed by atoms with E-state index in [0.29, 0.717) is 50.0 Å². The van der Waals surface area contributed by atoms with Crippen LogP contribution >= 0.6 is 27.3 Å². The average Bonchev–Trinajstić information content (AvgIpc) is 3.56. The third-order valence-corrected chi connectivity index (χ3v) is 8.32. The van der Waals surface area contributed by atoms with Gasteiger partial charge in [0, 0.05) is 0 Å². The molecule has 0 bridgehead atoms. The zero-order chi connectivity index (χ0) is 28.5. The van der Waals surface area contributed by atoms with E-state index in [0.717, 1.165) is 15.6 Å². The van der Waals surface area contributed by atoms with E-state index in [9.17, 15) is 9.59 Å². The number of allylic oxidation sites excluding steroid dienone is 1. The summed E-state index contributed by atoms with van der Waals surface area (Å²) < 4.78 is 25.2. The number of carbonyl (C=O) groups is 1. The quantitative estimate of drug-likeness (QED) is 0.270. The van der Waals surface area contributed by atoms with Gasteiger partial charge < -0.3 is 18.9 Å². The number of hydrogen-bond donors (Lipinski definition) is 0. The largest absolute Gasteiger partial charge is 0.488 e. The maximum atomic E-state index is 13.9. The van der Waals surface area contributed by atoms with E-state index >= 15 is 0 Å². The second kappa shape index (κ2) is 11.4. The summed E-state index contributed by atoms with van der Waals surface area (Å²) >= 11 is 4.87. The van der Waals surface area contributed by atoms with Crippen LogP contribution in [0.1, 0.15) is 36.6 Å². The third kappa shape index (κ3) is 5.32. The van der Waals surface area contributed by atoms with Crippen molar-refractivity contribution in [2.75, 3.05) is 13.4 Å². The van der Waals surface area contributed by atoms with Crippen molar-refractivity contribution in [2.24, 2.45) is 4.99 Å². The van der Waals surface area contributed by atoms with E-state index in [4.69, 9.17) is 18.9 Å². The molecule has 0 saturated heterocycles. The first-order valence-electron chi connectivity index (χ1n) is 13.0. The molecule has 0 spiro atoms. The Morgan fingerprint density at radius 2 is 1.93 bits per heavy atom. The van der Waals surface area contributed by atoms with Gasteiger partial charge in [-0.3, -0.25) is 9.36 Å². The number of rotatable bonds is 7. The number of aromatic nitrogens is 1. The van der Waals surface area contributed by atoms with Gasteiger partial charge in [0.1, 0.15) is 12.4 Å². The Morgan fingerprint density at radius 1 is 1.12 bits per heavy atom. The summed E-state index contributed by atoms with van der Waals surface area (Å²) in [5.74, 6) is 1.36. The van der Waals surface area contributed by atoms with E-state index in [2.05, 4.69) is 20.9 Å². The van der Waals surface area contributed by atoms with Crippen LogP contribution in [-0.4, -0.2) is 23.9 Å². The number of nitrogens with zero attached hydrogens (tertiary/aromatic N) is 2. The van der Waals surface area contributed by atoms with E-state index in [1.54, 1.807) is 30.5 Å². The van der Waals surface area contributed by atoms with Gasteiger partial charge >= 0.3 is 5.97 Å². The molecule has 0 amide bonds. The molecule has 0 radical (unpaired) electrons. The summed E-state index contributed by atoms with van der Waals surface area (Å²) in [6, 6.07) is 20.3. The topological polar surface area (TPSA) is 88.4 Å². The summed E-state index contributed by atoms with van der Waals surface area (Å²) in [4.78, 5) is 32.2. The number of hydrogen-bond acceptors (Lipinski definition) is 8. The molecule has 0 unspecified atom stereocenters. The molecule has 0 N–H and O–H groups in total. The number of fused-ring (bicyclic) bond motifs is 2. The van der Waals surface area contributed by atoms with Crippen molar-refractivity contribution < 1.29 is 23.7 Å². The van der Waals surface area contributed by atoms with E-state index < -0.39 is 12.0 Å². The van der Waals surface area contributed by atoms with Gasteiger partial charge in [-0.25, -0.2) is 9.79 Å². The highest BCUT2D eigenvalue weighted by Crippen LogP contribution is 2.38. The van der Waals surface area contributed by atoms with E-state index in [1.807, 2.05) is 60.7 Å². The minimum Gasteiger partial charge on any atom is -0.488 e. The predicted octanol–water partition coefficient (Wildman–Crippen LogP) is 4.87. The normalized spacial score (nSPS) is 15.9. The van der Waals surface area contributed by atoms with Gasteiger partial charge in [0.15, 0.2) is 16.3 Å². The Bertz CT molecular complexity index is 1860. The van der Waals surface area contributed by atoms with Gasteiger partial charge in [-0.1, -0.05) is 53.8 Å². The second-order valence-electron chi connectivity index (χ2n) is 9.38. The monoisotopic (exact) mass is 632 g/mol. The maximum absolute atomic E-state index is 13.9.